The van der Waals surface area contributed by atoms with E-state index in [0.717, 1.165) is 37.4 Å². The summed E-state index contributed by atoms with van der Waals surface area (Å²) in [5.41, 5.74) is 1.24. The highest BCUT2D eigenvalue weighted by atomic mass is 16.5. The lowest BCUT2D eigenvalue weighted by Gasteiger charge is -2.20. The number of aryl methyl sites for hydroxylation is 1. The van der Waals surface area contributed by atoms with Crippen LogP contribution >= 0.6 is 0 Å². The van der Waals surface area contributed by atoms with Gasteiger partial charge in [-0.15, -0.1) is 0 Å². The molecule has 0 spiro atoms. The zero-order valence-corrected chi connectivity index (χ0v) is 13.1. The number of rotatable bonds is 10. The van der Waals surface area contributed by atoms with E-state index in [0.29, 0.717) is 6.61 Å². The summed E-state index contributed by atoms with van der Waals surface area (Å²) in [7, 11) is 3.36. The van der Waals surface area contributed by atoms with Gasteiger partial charge in [0.1, 0.15) is 6.10 Å². The first-order chi connectivity index (χ1) is 9.74. The molecular formula is C16H27NO3. The van der Waals surface area contributed by atoms with Crippen LogP contribution in [-0.4, -0.2) is 40.0 Å². The van der Waals surface area contributed by atoms with Gasteiger partial charge in [-0.1, -0.05) is 19.9 Å². The molecule has 0 aliphatic carbocycles. The van der Waals surface area contributed by atoms with Crippen LogP contribution in [0.25, 0.3) is 0 Å². The van der Waals surface area contributed by atoms with Crippen molar-refractivity contribution in [3.63, 3.8) is 0 Å². The highest BCUT2D eigenvalue weighted by Crippen LogP contribution is 2.29. The van der Waals surface area contributed by atoms with Gasteiger partial charge < -0.3 is 19.5 Å². The zero-order valence-electron chi connectivity index (χ0n) is 13.1. The largest absolute Gasteiger partial charge is 0.493 e. The van der Waals surface area contributed by atoms with Crippen LogP contribution in [0.15, 0.2) is 18.2 Å². The van der Waals surface area contributed by atoms with Gasteiger partial charge in [-0.2, -0.15) is 0 Å². The van der Waals surface area contributed by atoms with Gasteiger partial charge in [0.25, 0.3) is 0 Å². The summed E-state index contributed by atoms with van der Waals surface area (Å²) in [5, 5.41) is 3.35. The van der Waals surface area contributed by atoms with Crippen LogP contribution in [0.1, 0.15) is 25.8 Å². The molecule has 1 unspecified atom stereocenters. The third kappa shape index (κ3) is 5.39. The normalized spacial score (nSPS) is 12.2. The lowest BCUT2D eigenvalue weighted by atomic mass is 10.1. The molecule has 4 nitrogen and oxygen atoms in total. The summed E-state index contributed by atoms with van der Waals surface area (Å²) in [4.78, 5) is 0. The second-order valence-electron chi connectivity index (χ2n) is 4.74. The van der Waals surface area contributed by atoms with Crippen molar-refractivity contribution in [2.45, 2.75) is 32.8 Å². The van der Waals surface area contributed by atoms with Gasteiger partial charge in [0.05, 0.1) is 13.7 Å². The number of nitrogens with one attached hydrogen (secondary N) is 1. The van der Waals surface area contributed by atoms with Crippen LogP contribution < -0.4 is 14.8 Å². The second kappa shape index (κ2) is 9.61. The van der Waals surface area contributed by atoms with E-state index in [9.17, 15) is 0 Å². The van der Waals surface area contributed by atoms with Gasteiger partial charge in [0, 0.05) is 13.7 Å². The molecule has 1 aromatic carbocycles. The predicted molar refractivity (Wildman–Crippen MR) is 81.8 cm³/mol. The van der Waals surface area contributed by atoms with Gasteiger partial charge >= 0.3 is 0 Å². The van der Waals surface area contributed by atoms with Crippen molar-refractivity contribution in [2.24, 2.45) is 0 Å². The molecule has 0 heterocycles. The molecule has 20 heavy (non-hydrogen) atoms. The van der Waals surface area contributed by atoms with Crippen molar-refractivity contribution in [2.75, 3.05) is 33.9 Å². The van der Waals surface area contributed by atoms with Crippen LogP contribution in [0.3, 0.4) is 0 Å². The molecule has 0 aromatic heterocycles. The summed E-state index contributed by atoms with van der Waals surface area (Å²) < 4.78 is 16.6. The zero-order chi connectivity index (χ0) is 14.8. The van der Waals surface area contributed by atoms with Crippen molar-refractivity contribution in [1.82, 2.24) is 5.32 Å². The van der Waals surface area contributed by atoms with Crippen molar-refractivity contribution in [3.8, 4) is 11.5 Å². The maximum absolute atomic E-state index is 6.01. The fourth-order valence-corrected chi connectivity index (χ4v) is 1.97. The molecule has 1 aromatic rings. The number of hydrogen-bond donors (Lipinski definition) is 1. The lowest BCUT2D eigenvalue weighted by Crippen LogP contribution is -2.35. The van der Waals surface area contributed by atoms with E-state index in [1.54, 1.807) is 14.2 Å². The van der Waals surface area contributed by atoms with Crippen molar-refractivity contribution >= 4 is 0 Å². The molecule has 1 N–H and O–H groups in total. The summed E-state index contributed by atoms with van der Waals surface area (Å²) in [5.74, 6) is 1.55. The Morgan fingerprint density at radius 1 is 1.15 bits per heavy atom. The van der Waals surface area contributed by atoms with Crippen LogP contribution in [0.4, 0.5) is 0 Å². The molecule has 0 radical (unpaired) electrons. The summed E-state index contributed by atoms with van der Waals surface area (Å²) in [6, 6.07) is 6.07. The maximum Gasteiger partial charge on any atom is 0.161 e. The average Bonchev–Trinajstić information content (AvgIpc) is 2.48. The summed E-state index contributed by atoms with van der Waals surface area (Å²) >= 11 is 0. The monoisotopic (exact) mass is 281 g/mol. The number of hydrogen-bond acceptors (Lipinski definition) is 4. The average molecular weight is 281 g/mol. The predicted octanol–water partition coefficient (Wildman–Crippen LogP) is 2.65. The smallest absolute Gasteiger partial charge is 0.161 e. The highest BCUT2D eigenvalue weighted by molar-refractivity contribution is 5.43. The van der Waals surface area contributed by atoms with E-state index in [2.05, 4.69) is 25.2 Å². The molecule has 1 atom stereocenters. The Labute approximate surface area is 122 Å². The second-order valence-corrected chi connectivity index (χ2v) is 4.74. The van der Waals surface area contributed by atoms with Crippen LogP contribution in [0, 0.1) is 0 Å². The Morgan fingerprint density at radius 2 is 1.95 bits per heavy atom. The van der Waals surface area contributed by atoms with Gasteiger partial charge in [0.2, 0.25) is 0 Å². The Morgan fingerprint density at radius 3 is 2.55 bits per heavy atom. The van der Waals surface area contributed by atoms with Crippen molar-refractivity contribution in [1.29, 1.82) is 0 Å². The minimum absolute atomic E-state index is 0.0204. The molecule has 0 saturated heterocycles. The molecule has 4 heteroatoms. The number of benzene rings is 1. The van der Waals surface area contributed by atoms with Crippen molar-refractivity contribution in [3.05, 3.63) is 23.8 Å². The maximum atomic E-state index is 6.01. The Hall–Kier alpha value is -1.26. The Bertz CT molecular complexity index is 382. The van der Waals surface area contributed by atoms with Gasteiger partial charge in [-0.3, -0.25) is 0 Å². The summed E-state index contributed by atoms with van der Waals surface area (Å²) in [6.45, 7) is 6.56. The van der Waals surface area contributed by atoms with Crippen LogP contribution in [-0.2, 0) is 11.2 Å². The third-order valence-corrected chi connectivity index (χ3v) is 3.08. The quantitative estimate of drug-likeness (QED) is 0.669. The third-order valence-electron chi connectivity index (χ3n) is 3.08. The van der Waals surface area contributed by atoms with Crippen molar-refractivity contribution < 1.29 is 14.2 Å². The number of ether oxygens (including phenoxy) is 3. The standard InChI is InChI=1S/C16H27NO3/c1-5-9-17-11-14(12-18-3)20-15-8-7-13(6-2)10-16(15)19-4/h7-8,10,14,17H,5-6,9,11-12H2,1-4H3. The van der Waals surface area contributed by atoms with E-state index in [4.69, 9.17) is 14.2 Å². The van der Waals surface area contributed by atoms with E-state index in [1.807, 2.05) is 12.1 Å². The molecule has 1 rings (SSSR count). The topological polar surface area (TPSA) is 39.7 Å². The molecule has 0 aliphatic heterocycles. The van der Waals surface area contributed by atoms with E-state index < -0.39 is 0 Å². The Kier molecular flexibility index (Phi) is 8.07. The minimum atomic E-state index is -0.0204. The Balaban J connectivity index is 2.71. The first-order valence-corrected chi connectivity index (χ1v) is 7.28. The lowest BCUT2D eigenvalue weighted by molar-refractivity contribution is 0.0787. The fourth-order valence-electron chi connectivity index (χ4n) is 1.97. The van der Waals surface area contributed by atoms with Crippen LogP contribution in [0.2, 0.25) is 0 Å². The van der Waals surface area contributed by atoms with Gasteiger partial charge in [-0.05, 0) is 37.1 Å². The van der Waals surface area contributed by atoms with Gasteiger partial charge in [0.15, 0.2) is 11.5 Å². The van der Waals surface area contributed by atoms with E-state index in [1.165, 1.54) is 5.56 Å². The molecule has 0 fully saturated rings. The minimum Gasteiger partial charge on any atom is -0.493 e. The van der Waals surface area contributed by atoms with Crippen LogP contribution in [0.5, 0.6) is 11.5 Å². The highest BCUT2D eigenvalue weighted by Gasteiger charge is 2.13. The SMILES string of the molecule is CCCNCC(COC)Oc1ccc(CC)cc1OC. The van der Waals surface area contributed by atoms with E-state index in [-0.39, 0.29) is 6.10 Å². The fraction of sp³-hybridized carbons (Fsp3) is 0.625. The molecule has 0 bridgehead atoms. The molecule has 0 saturated carbocycles. The molecule has 0 amide bonds. The first kappa shape index (κ1) is 16.8. The molecular weight excluding hydrogens is 254 g/mol. The van der Waals surface area contributed by atoms with E-state index >= 15 is 0 Å². The number of methoxy groups -OCH3 is 2. The summed E-state index contributed by atoms with van der Waals surface area (Å²) in [6.07, 6.45) is 2.07. The molecule has 114 valence electrons. The first-order valence-electron chi connectivity index (χ1n) is 7.28. The van der Waals surface area contributed by atoms with Gasteiger partial charge in [-0.25, -0.2) is 0 Å². The molecule has 0 aliphatic rings.